The molecule has 1 atom stereocenters. The molecule has 4 nitrogen and oxygen atoms in total. The molecule has 1 N–H and O–H groups in total. The summed E-state index contributed by atoms with van der Waals surface area (Å²) >= 11 is 7.10. The summed E-state index contributed by atoms with van der Waals surface area (Å²) in [4.78, 5) is 13.4. The molecule has 7 heteroatoms. The standard InChI is InChI=1S/C19H18BrN3OS2/c1-21-19(24)17-18-14(15(22-23-17)8-11-6-7-25-10-11)9-16(26-18)12-2-4-13(20)5-3-12/h2-5,9,11H,6-8,10H2,1H3,(H,21,24). The highest BCUT2D eigenvalue weighted by Gasteiger charge is 2.22. The van der Waals surface area contributed by atoms with Crippen LogP contribution in [0.3, 0.4) is 0 Å². The van der Waals surface area contributed by atoms with Gasteiger partial charge in [-0.05, 0) is 54.0 Å². The summed E-state index contributed by atoms with van der Waals surface area (Å²) in [5.74, 6) is 2.88. The van der Waals surface area contributed by atoms with E-state index in [4.69, 9.17) is 0 Å². The second-order valence-corrected chi connectivity index (χ2v) is 9.49. The van der Waals surface area contributed by atoms with E-state index in [0.29, 0.717) is 11.6 Å². The maximum Gasteiger partial charge on any atom is 0.273 e. The number of fused-ring (bicyclic) bond motifs is 1. The van der Waals surface area contributed by atoms with Crippen molar-refractivity contribution in [2.45, 2.75) is 12.8 Å². The van der Waals surface area contributed by atoms with Crippen molar-refractivity contribution >= 4 is 55.0 Å². The van der Waals surface area contributed by atoms with Gasteiger partial charge in [0.25, 0.3) is 5.91 Å². The van der Waals surface area contributed by atoms with Gasteiger partial charge in [-0.2, -0.15) is 16.9 Å². The topological polar surface area (TPSA) is 54.9 Å². The molecule has 1 amide bonds. The summed E-state index contributed by atoms with van der Waals surface area (Å²) in [6, 6.07) is 10.4. The van der Waals surface area contributed by atoms with Crippen molar-refractivity contribution in [1.82, 2.24) is 15.5 Å². The van der Waals surface area contributed by atoms with Crippen molar-refractivity contribution in [1.29, 1.82) is 0 Å². The molecule has 2 aromatic heterocycles. The highest BCUT2D eigenvalue weighted by atomic mass is 79.9. The second kappa shape index (κ2) is 7.66. The van der Waals surface area contributed by atoms with Crippen molar-refractivity contribution in [3.05, 3.63) is 46.2 Å². The van der Waals surface area contributed by atoms with E-state index in [9.17, 15) is 4.79 Å². The van der Waals surface area contributed by atoms with Gasteiger partial charge in [-0.3, -0.25) is 4.79 Å². The van der Waals surface area contributed by atoms with E-state index >= 15 is 0 Å². The first-order valence-electron chi connectivity index (χ1n) is 8.50. The number of nitrogens with one attached hydrogen (secondary N) is 1. The number of carbonyl (C=O) groups excluding carboxylic acids is 1. The molecular formula is C19H18BrN3OS2. The van der Waals surface area contributed by atoms with Gasteiger partial charge >= 0.3 is 0 Å². The number of amides is 1. The van der Waals surface area contributed by atoms with Crippen LogP contribution in [-0.2, 0) is 6.42 Å². The summed E-state index contributed by atoms with van der Waals surface area (Å²) in [5.41, 5.74) is 2.57. The molecule has 3 heterocycles. The third-order valence-corrected chi connectivity index (χ3v) is 7.56. The minimum Gasteiger partial charge on any atom is -0.354 e. The quantitative estimate of drug-likeness (QED) is 0.625. The van der Waals surface area contributed by atoms with Gasteiger partial charge in [0.05, 0.1) is 10.4 Å². The predicted octanol–water partition coefficient (Wildman–Crippen LogP) is 4.78. The first-order valence-corrected chi connectivity index (χ1v) is 11.3. The van der Waals surface area contributed by atoms with Crippen LogP contribution in [0.1, 0.15) is 22.6 Å². The van der Waals surface area contributed by atoms with Crippen LogP contribution in [-0.4, -0.2) is 34.7 Å². The van der Waals surface area contributed by atoms with E-state index in [1.54, 1.807) is 18.4 Å². The third-order valence-electron chi connectivity index (χ3n) is 4.61. The van der Waals surface area contributed by atoms with Gasteiger partial charge in [0, 0.05) is 21.8 Å². The van der Waals surface area contributed by atoms with Crippen LogP contribution in [0, 0.1) is 5.92 Å². The first kappa shape index (κ1) is 17.9. The first-order chi connectivity index (χ1) is 12.7. The normalized spacial score (nSPS) is 16.9. The van der Waals surface area contributed by atoms with Crippen LogP contribution in [0.4, 0.5) is 0 Å². The van der Waals surface area contributed by atoms with Crippen LogP contribution >= 0.6 is 39.0 Å². The predicted molar refractivity (Wildman–Crippen MR) is 113 cm³/mol. The molecule has 3 aromatic rings. The monoisotopic (exact) mass is 447 g/mol. The average Bonchev–Trinajstić information content (AvgIpc) is 3.32. The van der Waals surface area contributed by atoms with Gasteiger partial charge in [-0.1, -0.05) is 28.1 Å². The summed E-state index contributed by atoms with van der Waals surface area (Å²) in [6.07, 6.45) is 2.16. The SMILES string of the molecule is CNC(=O)c1nnc(CC2CCSC2)c2cc(-c3ccc(Br)cc3)sc12. The smallest absolute Gasteiger partial charge is 0.273 e. The number of halogens is 1. The van der Waals surface area contributed by atoms with Gasteiger partial charge in [0.15, 0.2) is 5.69 Å². The van der Waals surface area contributed by atoms with Crippen molar-refractivity contribution in [2.24, 2.45) is 5.92 Å². The highest BCUT2D eigenvalue weighted by Crippen LogP contribution is 2.37. The van der Waals surface area contributed by atoms with Crippen LogP contribution in [0.25, 0.3) is 20.5 Å². The van der Waals surface area contributed by atoms with Gasteiger partial charge in [-0.25, -0.2) is 0 Å². The number of thiophene rings is 1. The van der Waals surface area contributed by atoms with Crippen molar-refractivity contribution in [3.63, 3.8) is 0 Å². The van der Waals surface area contributed by atoms with E-state index in [1.165, 1.54) is 17.9 Å². The maximum absolute atomic E-state index is 12.3. The minimum atomic E-state index is -0.185. The maximum atomic E-state index is 12.3. The number of rotatable bonds is 4. The summed E-state index contributed by atoms with van der Waals surface area (Å²) in [5, 5.41) is 12.5. The molecule has 1 aliphatic heterocycles. The van der Waals surface area contributed by atoms with Crippen molar-refractivity contribution in [3.8, 4) is 10.4 Å². The lowest BCUT2D eigenvalue weighted by Gasteiger charge is -2.09. The number of benzene rings is 1. The minimum absolute atomic E-state index is 0.185. The van der Waals surface area contributed by atoms with E-state index in [2.05, 4.69) is 49.6 Å². The van der Waals surface area contributed by atoms with E-state index in [-0.39, 0.29) is 5.91 Å². The fourth-order valence-electron chi connectivity index (χ4n) is 3.18. The van der Waals surface area contributed by atoms with Gasteiger partial charge in [0.1, 0.15) is 0 Å². The Morgan fingerprint density at radius 3 is 2.81 bits per heavy atom. The number of hydrogen-bond donors (Lipinski definition) is 1. The summed E-state index contributed by atoms with van der Waals surface area (Å²) in [6.45, 7) is 0. The molecule has 0 radical (unpaired) electrons. The molecule has 0 aliphatic carbocycles. The number of aromatic nitrogens is 2. The Balaban J connectivity index is 1.82. The van der Waals surface area contributed by atoms with E-state index < -0.39 is 0 Å². The van der Waals surface area contributed by atoms with Crippen LogP contribution in [0.15, 0.2) is 34.8 Å². The largest absolute Gasteiger partial charge is 0.354 e. The fourth-order valence-corrected chi connectivity index (χ4v) is 5.90. The zero-order valence-corrected chi connectivity index (χ0v) is 17.5. The lowest BCUT2D eigenvalue weighted by atomic mass is 10.0. The number of thioether (sulfide) groups is 1. The van der Waals surface area contributed by atoms with Gasteiger partial charge < -0.3 is 5.32 Å². The van der Waals surface area contributed by atoms with E-state index in [1.807, 2.05) is 23.9 Å². The Morgan fingerprint density at radius 1 is 1.31 bits per heavy atom. The lowest BCUT2D eigenvalue weighted by Crippen LogP contribution is -2.20. The van der Waals surface area contributed by atoms with Gasteiger partial charge in [-0.15, -0.1) is 16.4 Å². The van der Waals surface area contributed by atoms with E-state index in [0.717, 1.165) is 37.1 Å². The van der Waals surface area contributed by atoms with Crippen molar-refractivity contribution in [2.75, 3.05) is 18.6 Å². The lowest BCUT2D eigenvalue weighted by molar-refractivity contribution is 0.0959. The molecule has 1 aliphatic rings. The Bertz CT molecular complexity index is 949. The molecule has 134 valence electrons. The molecule has 26 heavy (non-hydrogen) atoms. The molecule has 1 saturated heterocycles. The number of carbonyl (C=O) groups is 1. The zero-order chi connectivity index (χ0) is 18.1. The Hall–Kier alpha value is -1.44. The Kier molecular flexibility index (Phi) is 5.29. The van der Waals surface area contributed by atoms with Crippen molar-refractivity contribution < 1.29 is 4.79 Å². The molecule has 0 saturated carbocycles. The molecule has 1 fully saturated rings. The number of hydrogen-bond acceptors (Lipinski definition) is 5. The Morgan fingerprint density at radius 2 is 2.12 bits per heavy atom. The zero-order valence-electron chi connectivity index (χ0n) is 14.3. The molecule has 1 aromatic carbocycles. The average molecular weight is 448 g/mol. The fraction of sp³-hybridized carbons (Fsp3) is 0.316. The van der Waals surface area contributed by atoms with Crippen LogP contribution in [0.2, 0.25) is 0 Å². The highest BCUT2D eigenvalue weighted by molar-refractivity contribution is 9.10. The Labute approximate surface area is 168 Å². The number of nitrogens with zero attached hydrogens (tertiary/aromatic N) is 2. The van der Waals surface area contributed by atoms with Crippen LogP contribution in [0.5, 0.6) is 0 Å². The molecule has 4 rings (SSSR count). The third kappa shape index (κ3) is 3.52. The van der Waals surface area contributed by atoms with Crippen LogP contribution < -0.4 is 5.32 Å². The van der Waals surface area contributed by atoms with Gasteiger partial charge in [0.2, 0.25) is 0 Å². The molecule has 0 spiro atoms. The second-order valence-electron chi connectivity index (χ2n) is 6.37. The summed E-state index contributed by atoms with van der Waals surface area (Å²) in [7, 11) is 1.63. The molecule has 0 bridgehead atoms. The molecule has 1 unspecified atom stereocenters. The summed E-state index contributed by atoms with van der Waals surface area (Å²) < 4.78 is 1.98. The molecular weight excluding hydrogens is 430 g/mol.